The van der Waals surface area contributed by atoms with Crippen LogP contribution in [-0.2, 0) is 33.6 Å². The zero-order valence-corrected chi connectivity index (χ0v) is 90.8. The number of halogens is 12. The minimum Gasteiger partial charge on any atom is -0.392 e. The molecule has 0 bridgehead atoms. The molecule has 37 heteroatoms. The number of nitrogens with two attached hydrogens (primary N) is 4. The van der Waals surface area contributed by atoms with Gasteiger partial charge in [0, 0.05) is 188 Å². The molecule has 0 radical (unpaired) electrons. The zero-order chi connectivity index (χ0) is 113. The van der Waals surface area contributed by atoms with Crippen molar-refractivity contribution in [1.82, 2.24) is 20.4 Å². The molecule has 9 aromatic carbocycles. The SMILES string of the molecule is CCC(=O)CCCC(=O)c1ccc(C)cc1Cl.CNC(=O)CCC(=O)c1c(F)cc(C)cc1F.CNC(=O)CCC(=O)c1ccc(C)cc1Cl.Cc1cc(F)c(C(=O)CCC(N)=O)c(F)c1.Cc1ccc(C(=O)CCC(N)=O)c(Cl)c1.Cc1ccc(C(=O)CCC(N)=O)cc1.Cc1ccc(C(=O)CCCC(N)=O)c(Cl)c1.Cc1ccc(C(=O)CCCN2CCC(F)(F)C2)c(Cl)c1.Cc1ccc(C(=O)CCCN2CCC(O)C2)c(Cl)c1. The second-order valence-electron chi connectivity index (χ2n) is 35.9. The number of ketones is 10. The number of benzene rings is 9. The quantitative estimate of drug-likeness (QED) is 0.0138. The van der Waals surface area contributed by atoms with Gasteiger partial charge in [-0.25, -0.2) is 26.3 Å². The van der Waals surface area contributed by atoms with Crippen LogP contribution >= 0.6 is 69.6 Å². The molecule has 9 aromatic rings. The maximum absolute atomic E-state index is 13.4. The molecule has 1 atom stereocenters. The van der Waals surface area contributed by atoms with Crippen molar-refractivity contribution in [2.45, 2.75) is 229 Å². The number of aliphatic hydroxyl groups is 1. The molecule has 1 unspecified atom stereocenters. The standard InChI is InChI=1S/C15H18ClF2NO.C15H20ClNO2.C14H17ClO2.2C12H14ClNO2.C12H13F2NO2.C11H12ClNO2.C11H11F2NO2.C11H13NO2/c1-11-4-5-12(13(16)9-11)14(20)3-2-7-19-8-6-15(17,18)10-19;1-11-4-5-13(14(16)9-11)15(19)3-2-7-17-8-6-12(18)10-17;1-3-11(16)5-4-6-14(17)12-8-7-10(2)9-13(12)15;1-8-3-4-9(10(13)7-8)11(15)5-6-12(16)14-2;1-8-5-6-9(10(13)7-8)11(15)3-2-4-12(14)16;1-7-5-8(13)12(9(14)6-7)10(16)3-4-11(17)15-2;1-7-2-3-8(9(12)6-7)10(14)4-5-11(13)15;1-6-4-7(12)11(8(13)5-6)9(15)2-3-10(14)16;1-8-2-4-9(5-3-8)10(13)6-7-11(12)14/h4-5,9H,2-3,6-8,10H2,1H3;4-5,9,12,18H,2-3,6-8,10H2,1H3;7-9H,3-6H2,1-2H3;3-4,7H,5-6H2,1-2H3,(H,14,16);5-7H,2-4H2,1H3,(H2,14,16);5-6H,3-4H2,1-2H3,(H,15,17);2-3,6H,4-5H2,1H3,(H2,13,15);4-5H,2-3H2,1H3,(H2,14,16);2-5H,6-7H2,1H3,(H2,12,14). The van der Waals surface area contributed by atoms with Crippen LogP contribution in [0.4, 0.5) is 26.3 Å². The lowest BCUT2D eigenvalue weighted by atomic mass is 10.0. The molecule has 0 spiro atoms. The summed E-state index contributed by atoms with van der Waals surface area (Å²) in [5, 5.41) is 17.1. The van der Waals surface area contributed by atoms with Gasteiger partial charge < -0.3 is 43.6 Å². The Hall–Kier alpha value is -12.3. The van der Waals surface area contributed by atoms with Crippen LogP contribution in [0, 0.1) is 85.6 Å². The number of amides is 6. The third-order valence-electron chi connectivity index (χ3n) is 22.7. The number of nitrogens with one attached hydrogen (secondary N) is 2. The van der Waals surface area contributed by atoms with Crippen molar-refractivity contribution < 1.29 is 108 Å². The van der Waals surface area contributed by atoms with Crippen LogP contribution in [-0.4, -0.2) is 174 Å². The fraction of sp³-hybridized carbons (Fsp3) is 0.381. The van der Waals surface area contributed by atoms with Gasteiger partial charge in [-0.3, -0.25) is 81.6 Å². The lowest BCUT2D eigenvalue weighted by molar-refractivity contribution is -0.121. The number of β-amino-alcohol motifs (C(OH)–C–C–N with tert-alkyl or cyclic N) is 1. The van der Waals surface area contributed by atoms with Crippen molar-refractivity contribution >= 4 is 163 Å². The average Bonchev–Trinajstić information content (AvgIpc) is 1.04. The zero-order valence-electron chi connectivity index (χ0n) is 86.3. The Morgan fingerprint density at radius 1 is 0.327 bits per heavy atom. The summed E-state index contributed by atoms with van der Waals surface area (Å²) in [6, 6.07) is 43.7. The summed E-state index contributed by atoms with van der Waals surface area (Å²) >= 11 is 35.9. The van der Waals surface area contributed by atoms with Crippen molar-refractivity contribution in [3.8, 4) is 0 Å². The first kappa shape index (κ1) is 132. The lowest BCUT2D eigenvalue weighted by Gasteiger charge is -2.15. The van der Waals surface area contributed by atoms with Gasteiger partial charge in [0.15, 0.2) is 52.0 Å². The molecule has 6 amide bonds. The largest absolute Gasteiger partial charge is 0.392 e. The number of Topliss-reactive ketones (excluding diaryl/α,β-unsaturated/α-hetero) is 10. The van der Waals surface area contributed by atoms with E-state index in [1.165, 1.54) is 20.9 Å². The van der Waals surface area contributed by atoms with Gasteiger partial charge in [-0.2, -0.15) is 0 Å². The van der Waals surface area contributed by atoms with Gasteiger partial charge in [-0.15, -0.1) is 0 Å². The molecule has 2 fully saturated rings. The average molecular weight is 2200 g/mol. The number of hydrogen-bond donors (Lipinski definition) is 7. The van der Waals surface area contributed by atoms with Gasteiger partial charge >= 0.3 is 0 Å². The molecule has 2 saturated heterocycles. The van der Waals surface area contributed by atoms with Crippen molar-refractivity contribution in [3.05, 3.63) is 311 Å². The predicted octanol–water partition coefficient (Wildman–Crippen LogP) is 22.7. The number of likely N-dealkylation sites (tertiary alicyclic amines) is 2. The van der Waals surface area contributed by atoms with Gasteiger partial charge in [-0.05, 0) is 249 Å². The van der Waals surface area contributed by atoms with Gasteiger partial charge in [0.25, 0.3) is 5.92 Å². The number of carbonyl (C=O) groups excluding carboxylic acids is 16. The molecule has 2 aliphatic heterocycles. The smallest absolute Gasteiger partial charge is 0.261 e. The summed E-state index contributed by atoms with van der Waals surface area (Å²) in [5.41, 5.74) is 30.4. The summed E-state index contributed by atoms with van der Waals surface area (Å²) in [6.07, 6.45) is 5.89. The lowest BCUT2D eigenvalue weighted by Crippen LogP contribution is -2.26. The highest BCUT2D eigenvalue weighted by Gasteiger charge is 2.38. The molecule has 2 heterocycles. The van der Waals surface area contributed by atoms with Gasteiger partial charge in [0.1, 0.15) is 29.1 Å². The summed E-state index contributed by atoms with van der Waals surface area (Å²) in [5.74, 6) is -10.1. The summed E-state index contributed by atoms with van der Waals surface area (Å²) in [4.78, 5) is 184. The maximum Gasteiger partial charge on any atom is 0.261 e. The summed E-state index contributed by atoms with van der Waals surface area (Å²) < 4.78 is 79.5. The van der Waals surface area contributed by atoms with Crippen LogP contribution in [0.2, 0.25) is 30.1 Å². The Labute approximate surface area is 902 Å². The Balaban J connectivity index is 0.000000434. The van der Waals surface area contributed by atoms with E-state index < -0.39 is 69.6 Å². The van der Waals surface area contributed by atoms with Crippen LogP contribution in [0.3, 0.4) is 0 Å². The Kier molecular flexibility index (Phi) is 60.2. The number of primary amides is 4. The molecule has 810 valence electrons. The second-order valence-corrected chi connectivity index (χ2v) is 38.4. The molecule has 0 aliphatic carbocycles. The molecule has 11 rings (SSSR count). The van der Waals surface area contributed by atoms with E-state index in [9.17, 15) is 108 Å². The highest BCUT2D eigenvalue weighted by atomic mass is 35.5. The van der Waals surface area contributed by atoms with Gasteiger partial charge in [0.05, 0.1) is 53.9 Å². The molecular weight excluding hydrogens is 2070 g/mol. The normalized spacial score (nSPS) is 12.4. The van der Waals surface area contributed by atoms with Gasteiger partial charge in [0.2, 0.25) is 35.4 Å². The summed E-state index contributed by atoms with van der Waals surface area (Å²) in [7, 11) is 2.98. The van der Waals surface area contributed by atoms with E-state index in [1.807, 2.05) is 110 Å². The second kappa shape index (κ2) is 68.5. The molecule has 150 heavy (non-hydrogen) atoms. The van der Waals surface area contributed by atoms with Gasteiger partial charge in [-0.1, -0.05) is 143 Å². The van der Waals surface area contributed by atoms with Crippen LogP contribution in [0.1, 0.15) is 298 Å². The molecule has 2 aliphatic rings. The third-order valence-corrected chi connectivity index (χ3v) is 24.6. The number of carbonyl (C=O) groups is 16. The molecule has 0 aromatic heterocycles. The first-order chi connectivity index (χ1) is 70.5. The van der Waals surface area contributed by atoms with E-state index in [0.29, 0.717) is 151 Å². The first-order valence-electron chi connectivity index (χ1n) is 48.4. The fourth-order valence-electron chi connectivity index (χ4n) is 14.4. The van der Waals surface area contributed by atoms with Crippen LogP contribution in [0.25, 0.3) is 0 Å². The minimum atomic E-state index is -2.57. The molecule has 0 saturated carbocycles. The fourth-order valence-corrected chi connectivity index (χ4v) is 16.4. The van der Waals surface area contributed by atoms with Crippen LogP contribution in [0.5, 0.6) is 0 Å². The molecule has 25 nitrogen and oxygen atoms in total. The van der Waals surface area contributed by atoms with E-state index in [2.05, 4.69) is 15.5 Å². The number of hydrogen-bond acceptors (Lipinski definition) is 19. The van der Waals surface area contributed by atoms with Crippen LogP contribution in [0.15, 0.2) is 158 Å². The highest BCUT2D eigenvalue weighted by Crippen LogP contribution is 2.31. The molecular formula is C113H132Cl6F6N8O17. The predicted molar refractivity (Wildman–Crippen MR) is 575 cm³/mol. The topological polar surface area (TPSA) is 428 Å². The van der Waals surface area contributed by atoms with E-state index in [-0.39, 0.29) is 154 Å². The monoisotopic (exact) mass is 2200 g/mol. The van der Waals surface area contributed by atoms with E-state index in [4.69, 9.17) is 92.5 Å². The Morgan fingerprint density at radius 3 is 0.867 bits per heavy atom. The Bertz CT molecular complexity index is 6160. The van der Waals surface area contributed by atoms with E-state index in [0.717, 1.165) is 95.7 Å². The minimum absolute atomic E-state index is 0.0129. The maximum atomic E-state index is 13.4. The number of alkyl halides is 2. The Morgan fingerprint density at radius 2 is 0.593 bits per heavy atom. The van der Waals surface area contributed by atoms with Crippen molar-refractivity contribution in [3.63, 3.8) is 0 Å². The molecule has 11 N–H and O–H groups in total. The van der Waals surface area contributed by atoms with Crippen molar-refractivity contribution in [2.24, 2.45) is 22.9 Å². The van der Waals surface area contributed by atoms with Crippen LogP contribution < -0.4 is 33.6 Å². The number of rotatable bonds is 41. The highest BCUT2D eigenvalue weighted by molar-refractivity contribution is 6.36. The number of aliphatic hydroxyl groups excluding tert-OH is 1. The van der Waals surface area contributed by atoms with Crippen molar-refractivity contribution in [1.29, 1.82) is 0 Å². The third kappa shape index (κ3) is 51.5. The number of nitrogens with zero attached hydrogens (tertiary/aromatic N) is 2. The first-order valence-corrected chi connectivity index (χ1v) is 50.7. The number of aryl methyl sites for hydroxylation is 9. The van der Waals surface area contributed by atoms with E-state index >= 15 is 0 Å². The summed E-state index contributed by atoms with van der Waals surface area (Å²) in [6.45, 7) is 21.6. The van der Waals surface area contributed by atoms with E-state index in [1.54, 1.807) is 90.8 Å². The van der Waals surface area contributed by atoms with Crippen molar-refractivity contribution in [2.75, 3.05) is 53.4 Å².